The smallest absolute Gasteiger partial charge is 0.267 e. The number of nitrogens with one attached hydrogen (secondary N) is 1. The fraction of sp³-hybridized carbons (Fsp3) is 0. The van der Waals surface area contributed by atoms with E-state index >= 15 is 0 Å². The zero-order chi connectivity index (χ0) is 19.4. The number of ether oxygens (including phenoxy) is 1. The summed E-state index contributed by atoms with van der Waals surface area (Å²) in [5.74, 6) is -2.92. The van der Waals surface area contributed by atoms with Crippen LogP contribution in [0.15, 0.2) is 60.8 Å². The number of rotatable bonds is 5. The molecule has 0 spiro atoms. The van der Waals surface area contributed by atoms with Crippen molar-refractivity contribution in [1.82, 2.24) is 4.98 Å². The van der Waals surface area contributed by atoms with Crippen molar-refractivity contribution in [2.24, 2.45) is 5.73 Å². The standard InChI is InChI=1S/C19H13F2N3O3/c20-14-5-2-6-15(21)17(14)19(26)24-11-3-1-4-12(9-11)27-13-7-8-23-16(10-13)18(22)25/h1-10H,(H2,22,25)(H,24,26). The molecule has 136 valence electrons. The molecule has 0 radical (unpaired) electrons. The Morgan fingerprint density at radius 3 is 2.33 bits per heavy atom. The quantitative estimate of drug-likeness (QED) is 0.720. The summed E-state index contributed by atoms with van der Waals surface area (Å²) in [5.41, 5.74) is 4.79. The van der Waals surface area contributed by atoms with Crippen molar-refractivity contribution in [3.05, 3.63) is 83.7 Å². The normalized spacial score (nSPS) is 10.3. The van der Waals surface area contributed by atoms with Crippen LogP contribution in [0, 0.1) is 11.6 Å². The Labute approximate surface area is 152 Å². The van der Waals surface area contributed by atoms with Gasteiger partial charge < -0.3 is 15.8 Å². The number of hydrogen-bond donors (Lipinski definition) is 2. The number of halogens is 2. The summed E-state index contributed by atoms with van der Waals surface area (Å²) >= 11 is 0. The summed E-state index contributed by atoms with van der Waals surface area (Å²) < 4.78 is 33.0. The summed E-state index contributed by atoms with van der Waals surface area (Å²) in [7, 11) is 0. The van der Waals surface area contributed by atoms with Crippen LogP contribution in [0.3, 0.4) is 0 Å². The van der Waals surface area contributed by atoms with Gasteiger partial charge in [-0.05, 0) is 30.3 Å². The van der Waals surface area contributed by atoms with E-state index in [2.05, 4.69) is 10.3 Å². The maximum atomic E-state index is 13.7. The van der Waals surface area contributed by atoms with Crippen LogP contribution in [0.1, 0.15) is 20.8 Å². The molecule has 0 atom stereocenters. The van der Waals surface area contributed by atoms with E-state index in [1.165, 1.54) is 36.5 Å². The molecule has 3 N–H and O–H groups in total. The minimum absolute atomic E-state index is 0.0342. The second-order valence-corrected chi connectivity index (χ2v) is 5.42. The van der Waals surface area contributed by atoms with Crippen LogP contribution in [-0.2, 0) is 0 Å². The van der Waals surface area contributed by atoms with E-state index in [0.717, 1.165) is 12.1 Å². The minimum Gasteiger partial charge on any atom is -0.457 e. The van der Waals surface area contributed by atoms with Crippen LogP contribution in [0.2, 0.25) is 0 Å². The highest BCUT2D eigenvalue weighted by atomic mass is 19.1. The van der Waals surface area contributed by atoms with Gasteiger partial charge >= 0.3 is 0 Å². The number of amides is 2. The topological polar surface area (TPSA) is 94.3 Å². The first-order chi connectivity index (χ1) is 12.9. The number of carbonyl (C=O) groups is 2. The van der Waals surface area contributed by atoms with E-state index in [9.17, 15) is 18.4 Å². The lowest BCUT2D eigenvalue weighted by Crippen LogP contribution is -2.15. The van der Waals surface area contributed by atoms with Crippen LogP contribution in [0.4, 0.5) is 14.5 Å². The third kappa shape index (κ3) is 4.24. The maximum Gasteiger partial charge on any atom is 0.267 e. The van der Waals surface area contributed by atoms with Crippen LogP contribution in [-0.4, -0.2) is 16.8 Å². The molecule has 27 heavy (non-hydrogen) atoms. The van der Waals surface area contributed by atoms with E-state index in [0.29, 0.717) is 11.5 Å². The molecule has 0 bridgehead atoms. The number of aromatic nitrogens is 1. The molecule has 0 saturated heterocycles. The van der Waals surface area contributed by atoms with Gasteiger partial charge in [-0.1, -0.05) is 12.1 Å². The first-order valence-corrected chi connectivity index (χ1v) is 7.73. The summed E-state index contributed by atoms with van der Waals surface area (Å²) in [4.78, 5) is 27.1. The molecule has 0 fully saturated rings. The molecule has 2 aromatic carbocycles. The molecule has 0 aliphatic carbocycles. The Kier molecular flexibility index (Phi) is 5.07. The lowest BCUT2D eigenvalue weighted by Gasteiger charge is -2.10. The van der Waals surface area contributed by atoms with Gasteiger partial charge in [0.25, 0.3) is 11.8 Å². The molecule has 2 amide bonds. The zero-order valence-corrected chi connectivity index (χ0v) is 13.8. The third-order valence-electron chi connectivity index (χ3n) is 3.50. The Bertz CT molecular complexity index is 1000. The number of anilines is 1. The van der Waals surface area contributed by atoms with E-state index in [1.54, 1.807) is 12.1 Å². The first kappa shape index (κ1) is 18.0. The average Bonchev–Trinajstić information content (AvgIpc) is 2.62. The van der Waals surface area contributed by atoms with Gasteiger partial charge in [0.2, 0.25) is 0 Å². The monoisotopic (exact) mass is 369 g/mol. The van der Waals surface area contributed by atoms with Crippen molar-refractivity contribution in [3.8, 4) is 11.5 Å². The highest BCUT2D eigenvalue weighted by Gasteiger charge is 2.17. The lowest BCUT2D eigenvalue weighted by atomic mass is 10.1. The number of nitrogens with two attached hydrogens (primary N) is 1. The lowest BCUT2D eigenvalue weighted by molar-refractivity contribution is 0.0992. The average molecular weight is 369 g/mol. The van der Waals surface area contributed by atoms with E-state index < -0.39 is 29.0 Å². The van der Waals surface area contributed by atoms with E-state index in [-0.39, 0.29) is 11.4 Å². The molecule has 8 heteroatoms. The number of pyridine rings is 1. The molecule has 0 aliphatic rings. The molecule has 0 unspecified atom stereocenters. The van der Waals surface area contributed by atoms with Crippen LogP contribution < -0.4 is 15.8 Å². The summed E-state index contributed by atoms with van der Waals surface area (Å²) in [6.45, 7) is 0. The molecule has 1 heterocycles. The molecular weight excluding hydrogens is 356 g/mol. The van der Waals surface area contributed by atoms with Gasteiger partial charge in [0.05, 0.1) is 0 Å². The Morgan fingerprint density at radius 1 is 0.963 bits per heavy atom. The molecule has 0 aliphatic heterocycles. The number of carbonyl (C=O) groups excluding carboxylic acids is 2. The highest BCUT2D eigenvalue weighted by molar-refractivity contribution is 6.04. The van der Waals surface area contributed by atoms with Gasteiger partial charge in [-0.25, -0.2) is 8.78 Å². The number of primary amides is 1. The van der Waals surface area contributed by atoms with E-state index in [1.807, 2.05) is 0 Å². The first-order valence-electron chi connectivity index (χ1n) is 7.73. The van der Waals surface area contributed by atoms with Gasteiger partial charge in [-0.3, -0.25) is 14.6 Å². The molecule has 1 aromatic heterocycles. The van der Waals surface area contributed by atoms with Crippen molar-refractivity contribution < 1.29 is 23.1 Å². The van der Waals surface area contributed by atoms with Gasteiger partial charge in [0.15, 0.2) is 0 Å². The fourth-order valence-electron chi connectivity index (χ4n) is 2.29. The summed E-state index contributed by atoms with van der Waals surface area (Å²) in [6, 6.07) is 12.2. The predicted molar refractivity (Wildman–Crippen MR) is 93.6 cm³/mol. The Hall–Kier alpha value is -3.81. The van der Waals surface area contributed by atoms with Gasteiger partial charge in [-0.2, -0.15) is 0 Å². The van der Waals surface area contributed by atoms with Crippen LogP contribution in [0.5, 0.6) is 11.5 Å². The van der Waals surface area contributed by atoms with Crippen LogP contribution in [0.25, 0.3) is 0 Å². The summed E-state index contributed by atoms with van der Waals surface area (Å²) in [5, 5.41) is 2.41. The fourth-order valence-corrected chi connectivity index (χ4v) is 2.29. The third-order valence-corrected chi connectivity index (χ3v) is 3.50. The van der Waals surface area contributed by atoms with E-state index in [4.69, 9.17) is 10.5 Å². The van der Waals surface area contributed by atoms with Crippen LogP contribution >= 0.6 is 0 Å². The summed E-state index contributed by atoms with van der Waals surface area (Å²) in [6.07, 6.45) is 1.36. The Balaban J connectivity index is 1.79. The van der Waals surface area contributed by atoms with Gasteiger partial charge in [0.1, 0.15) is 34.4 Å². The Morgan fingerprint density at radius 2 is 1.63 bits per heavy atom. The number of nitrogens with zero attached hydrogens (tertiary/aromatic N) is 1. The minimum atomic E-state index is -0.962. The zero-order valence-electron chi connectivity index (χ0n) is 13.8. The molecule has 3 aromatic rings. The maximum absolute atomic E-state index is 13.7. The second-order valence-electron chi connectivity index (χ2n) is 5.42. The second kappa shape index (κ2) is 7.61. The van der Waals surface area contributed by atoms with Crippen molar-refractivity contribution in [1.29, 1.82) is 0 Å². The van der Waals surface area contributed by atoms with Crippen molar-refractivity contribution in [3.63, 3.8) is 0 Å². The largest absolute Gasteiger partial charge is 0.457 e. The van der Waals surface area contributed by atoms with Crippen molar-refractivity contribution >= 4 is 17.5 Å². The van der Waals surface area contributed by atoms with Gasteiger partial charge in [0, 0.05) is 24.0 Å². The SMILES string of the molecule is NC(=O)c1cc(Oc2cccc(NC(=O)c3c(F)cccc3F)c2)ccn1. The molecule has 3 rings (SSSR count). The highest BCUT2D eigenvalue weighted by Crippen LogP contribution is 2.25. The van der Waals surface area contributed by atoms with Crippen molar-refractivity contribution in [2.75, 3.05) is 5.32 Å². The molecule has 0 saturated carbocycles. The molecule has 6 nitrogen and oxygen atoms in total. The van der Waals surface area contributed by atoms with Gasteiger partial charge in [-0.15, -0.1) is 0 Å². The predicted octanol–water partition coefficient (Wildman–Crippen LogP) is 3.50. The number of hydrogen-bond acceptors (Lipinski definition) is 4. The number of benzene rings is 2. The molecular formula is C19H13F2N3O3. The van der Waals surface area contributed by atoms with Crippen molar-refractivity contribution in [2.45, 2.75) is 0 Å².